The molecule has 0 fully saturated rings. The molecule has 0 spiro atoms. The molecule has 2 rings (SSSR count). The van der Waals surface area contributed by atoms with Crippen molar-refractivity contribution in [1.82, 2.24) is 9.78 Å². The molecule has 0 bridgehead atoms. The second-order valence-electron chi connectivity index (χ2n) is 5.17. The Morgan fingerprint density at radius 2 is 1.83 bits per heavy atom. The zero-order chi connectivity index (χ0) is 13.3. The molecule has 1 aromatic carbocycles. The number of hydrogen-bond donors (Lipinski definition) is 1. The van der Waals surface area contributed by atoms with Crippen LogP contribution < -0.4 is 5.73 Å². The van der Waals surface area contributed by atoms with Crippen molar-refractivity contribution in [2.24, 2.45) is 0 Å². The molecule has 4 nitrogen and oxygen atoms in total. The lowest BCUT2D eigenvalue weighted by molar-refractivity contribution is 0.362. The molecule has 1 heterocycles. The van der Waals surface area contributed by atoms with Gasteiger partial charge in [-0.3, -0.25) is 0 Å². The third-order valence-corrected chi connectivity index (χ3v) is 2.72. The molecular weight excluding hydrogens is 224 g/mol. The third-order valence-electron chi connectivity index (χ3n) is 2.72. The number of rotatable bonds is 1. The Hall–Kier alpha value is -2.28. The van der Waals surface area contributed by atoms with E-state index >= 15 is 0 Å². The molecule has 0 aliphatic rings. The fourth-order valence-electron chi connectivity index (χ4n) is 1.85. The Bertz CT molecular complexity index is 597. The molecular formula is C14H16N4. The lowest BCUT2D eigenvalue weighted by Gasteiger charge is -2.20. The minimum atomic E-state index is -0.247. The summed E-state index contributed by atoms with van der Waals surface area (Å²) < 4.78 is 1.70. The normalized spacial score (nSPS) is 11.2. The molecule has 0 unspecified atom stereocenters. The molecule has 2 N–H and O–H groups in total. The lowest BCUT2D eigenvalue weighted by atomic mass is 10.1. The van der Waals surface area contributed by atoms with Crippen LogP contribution in [-0.2, 0) is 5.54 Å². The fraction of sp³-hybridized carbons (Fsp3) is 0.286. The van der Waals surface area contributed by atoms with Gasteiger partial charge in [-0.1, -0.05) is 30.3 Å². The van der Waals surface area contributed by atoms with Gasteiger partial charge in [-0.05, 0) is 20.8 Å². The van der Waals surface area contributed by atoms with Crippen molar-refractivity contribution in [3.63, 3.8) is 0 Å². The molecule has 0 aliphatic carbocycles. The van der Waals surface area contributed by atoms with Crippen LogP contribution in [0.1, 0.15) is 26.3 Å². The van der Waals surface area contributed by atoms with Crippen LogP contribution in [0.3, 0.4) is 0 Å². The Labute approximate surface area is 107 Å². The highest BCUT2D eigenvalue weighted by Gasteiger charge is 2.23. The van der Waals surface area contributed by atoms with Crippen molar-refractivity contribution in [3.8, 4) is 17.3 Å². The standard InChI is InChI=1S/C14H16N4/c1-14(2,3)18-13(16)11(9-15)12(17-18)10-7-5-4-6-8-10/h4-8H,16H2,1-3H3. The third kappa shape index (κ3) is 1.95. The van der Waals surface area contributed by atoms with E-state index in [1.807, 2.05) is 51.1 Å². The molecule has 2 aromatic rings. The summed E-state index contributed by atoms with van der Waals surface area (Å²) >= 11 is 0. The van der Waals surface area contributed by atoms with E-state index in [-0.39, 0.29) is 5.54 Å². The van der Waals surface area contributed by atoms with Crippen molar-refractivity contribution >= 4 is 5.82 Å². The molecule has 0 atom stereocenters. The van der Waals surface area contributed by atoms with Crippen LogP contribution in [0.5, 0.6) is 0 Å². The molecule has 1 aromatic heterocycles. The summed E-state index contributed by atoms with van der Waals surface area (Å²) in [6.07, 6.45) is 0. The van der Waals surface area contributed by atoms with E-state index in [1.165, 1.54) is 0 Å². The van der Waals surface area contributed by atoms with Gasteiger partial charge in [0.05, 0.1) is 5.54 Å². The Morgan fingerprint density at radius 1 is 1.22 bits per heavy atom. The van der Waals surface area contributed by atoms with Crippen LogP contribution >= 0.6 is 0 Å². The van der Waals surface area contributed by atoms with Gasteiger partial charge in [-0.15, -0.1) is 0 Å². The highest BCUT2D eigenvalue weighted by atomic mass is 15.3. The van der Waals surface area contributed by atoms with Crippen molar-refractivity contribution in [3.05, 3.63) is 35.9 Å². The van der Waals surface area contributed by atoms with Gasteiger partial charge in [0, 0.05) is 5.56 Å². The second-order valence-corrected chi connectivity index (χ2v) is 5.17. The second kappa shape index (κ2) is 4.19. The van der Waals surface area contributed by atoms with Crippen LogP contribution in [0.15, 0.2) is 30.3 Å². The smallest absolute Gasteiger partial charge is 0.141 e. The summed E-state index contributed by atoms with van der Waals surface area (Å²) in [7, 11) is 0. The molecule has 4 heteroatoms. The highest BCUT2D eigenvalue weighted by molar-refractivity contribution is 5.72. The van der Waals surface area contributed by atoms with Gasteiger partial charge >= 0.3 is 0 Å². The van der Waals surface area contributed by atoms with Crippen molar-refractivity contribution < 1.29 is 0 Å². The first-order valence-electron chi connectivity index (χ1n) is 5.79. The molecule has 92 valence electrons. The van der Waals surface area contributed by atoms with Crippen LogP contribution in [0, 0.1) is 11.3 Å². The number of anilines is 1. The maximum absolute atomic E-state index is 9.26. The molecule has 0 aliphatic heterocycles. The zero-order valence-electron chi connectivity index (χ0n) is 10.8. The summed E-state index contributed by atoms with van der Waals surface area (Å²) in [5, 5.41) is 13.7. The van der Waals surface area contributed by atoms with Gasteiger partial charge in [-0.2, -0.15) is 10.4 Å². The lowest BCUT2D eigenvalue weighted by Crippen LogP contribution is -2.24. The van der Waals surface area contributed by atoms with Crippen LogP contribution in [-0.4, -0.2) is 9.78 Å². The van der Waals surface area contributed by atoms with Gasteiger partial charge < -0.3 is 5.73 Å². The predicted octanol–water partition coefficient (Wildman–Crippen LogP) is 2.76. The largest absolute Gasteiger partial charge is 0.383 e. The summed E-state index contributed by atoms with van der Waals surface area (Å²) in [5.41, 5.74) is 7.76. The maximum atomic E-state index is 9.26. The van der Waals surface area contributed by atoms with E-state index in [0.29, 0.717) is 17.1 Å². The van der Waals surface area contributed by atoms with Gasteiger partial charge in [-0.25, -0.2) is 4.68 Å². The molecule has 0 radical (unpaired) electrons. The monoisotopic (exact) mass is 240 g/mol. The van der Waals surface area contributed by atoms with Gasteiger partial charge in [0.15, 0.2) is 0 Å². The molecule has 18 heavy (non-hydrogen) atoms. The Morgan fingerprint density at radius 3 is 2.33 bits per heavy atom. The van der Waals surface area contributed by atoms with Gasteiger partial charge in [0.25, 0.3) is 0 Å². The molecule has 0 saturated carbocycles. The summed E-state index contributed by atoms with van der Waals surface area (Å²) in [5.74, 6) is 0.420. The quantitative estimate of drug-likeness (QED) is 0.833. The average molecular weight is 240 g/mol. The SMILES string of the molecule is CC(C)(C)n1nc(-c2ccccc2)c(C#N)c1N. The zero-order valence-corrected chi connectivity index (χ0v) is 10.8. The number of benzene rings is 1. The van der Waals surface area contributed by atoms with E-state index < -0.39 is 0 Å². The molecule has 0 amide bonds. The Kier molecular flexibility index (Phi) is 2.84. The first-order chi connectivity index (χ1) is 8.45. The van der Waals surface area contributed by atoms with Gasteiger partial charge in [0.2, 0.25) is 0 Å². The average Bonchev–Trinajstić information content (AvgIpc) is 2.67. The van der Waals surface area contributed by atoms with Crippen molar-refractivity contribution in [2.45, 2.75) is 26.3 Å². The van der Waals surface area contributed by atoms with Crippen molar-refractivity contribution in [2.75, 3.05) is 5.73 Å². The number of hydrogen-bond acceptors (Lipinski definition) is 3. The topological polar surface area (TPSA) is 67.6 Å². The highest BCUT2D eigenvalue weighted by Crippen LogP contribution is 2.29. The predicted molar refractivity (Wildman–Crippen MR) is 71.8 cm³/mol. The fourth-order valence-corrected chi connectivity index (χ4v) is 1.85. The van der Waals surface area contributed by atoms with Crippen molar-refractivity contribution in [1.29, 1.82) is 5.26 Å². The van der Waals surface area contributed by atoms with E-state index in [4.69, 9.17) is 5.73 Å². The number of nitrogens with two attached hydrogens (primary N) is 1. The number of nitrogens with zero attached hydrogens (tertiary/aromatic N) is 3. The number of nitriles is 1. The first-order valence-corrected chi connectivity index (χ1v) is 5.79. The Balaban J connectivity index is 2.67. The minimum Gasteiger partial charge on any atom is -0.383 e. The summed E-state index contributed by atoms with van der Waals surface area (Å²) in [6.45, 7) is 6.02. The van der Waals surface area contributed by atoms with Crippen LogP contribution in [0.25, 0.3) is 11.3 Å². The minimum absolute atomic E-state index is 0.247. The maximum Gasteiger partial charge on any atom is 0.141 e. The van der Waals surface area contributed by atoms with Crippen LogP contribution in [0.2, 0.25) is 0 Å². The van der Waals surface area contributed by atoms with E-state index in [1.54, 1.807) is 4.68 Å². The van der Waals surface area contributed by atoms with Gasteiger partial charge in [0.1, 0.15) is 23.1 Å². The first kappa shape index (κ1) is 12.2. The van der Waals surface area contributed by atoms with Crippen LogP contribution in [0.4, 0.5) is 5.82 Å². The summed E-state index contributed by atoms with van der Waals surface area (Å²) in [4.78, 5) is 0. The molecule has 0 saturated heterocycles. The van der Waals surface area contributed by atoms with E-state index in [9.17, 15) is 5.26 Å². The number of nitrogen functional groups attached to an aromatic ring is 1. The number of aromatic nitrogens is 2. The van der Waals surface area contributed by atoms with E-state index in [0.717, 1.165) is 5.56 Å². The van der Waals surface area contributed by atoms with E-state index in [2.05, 4.69) is 11.2 Å². The summed E-state index contributed by atoms with van der Waals surface area (Å²) in [6, 6.07) is 11.8.